The van der Waals surface area contributed by atoms with Crippen molar-refractivity contribution >= 4 is 42.6 Å². The average molecular weight is 405 g/mol. The van der Waals surface area contributed by atoms with Crippen LogP contribution in [-0.2, 0) is 6.42 Å². The second kappa shape index (κ2) is 6.05. The Kier molecular flexibility index (Phi) is 4.14. The van der Waals surface area contributed by atoms with Crippen LogP contribution in [0.15, 0.2) is 51.6 Å². The summed E-state index contributed by atoms with van der Waals surface area (Å²) >= 11 is 6.94. The molecule has 1 aromatic heterocycles. The van der Waals surface area contributed by atoms with Gasteiger partial charge in [-0.25, -0.2) is 0 Å². The van der Waals surface area contributed by atoms with E-state index in [0.29, 0.717) is 10.2 Å². The standard InChI is InChI=1S/C17H11Br2NO/c18-8-7-11-5-6-14-15(9-11)17(19)21-16(14)13-4-2-1-3-12(13)10-20/h1-6,9H,7-8H2. The molecule has 0 N–H and O–H groups in total. The largest absolute Gasteiger partial charge is 0.448 e. The maximum atomic E-state index is 9.26. The van der Waals surface area contributed by atoms with Crippen LogP contribution in [0.3, 0.4) is 0 Å². The molecular weight excluding hydrogens is 394 g/mol. The van der Waals surface area contributed by atoms with Gasteiger partial charge in [0.2, 0.25) is 0 Å². The number of benzene rings is 2. The molecule has 0 unspecified atom stereocenters. The van der Waals surface area contributed by atoms with Crippen molar-refractivity contribution in [2.75, 3.05) is 5.33 Å². The van der Waals surface area contributed by atoms with E-state index in [0.717, 1.165) is 33.8 Å². The molecule has 0 radical (unpaired) electrons. The number of furan rings is 1. The van der Waals surface area contributed by atoms with E-state index in [1.165, 1.54) is 5.56 Å². The number of halogens is 2. The van der Waals surface area contributed by atoms with Crippen LogP contribution in [0.1, 0.15) is 11.1 Å². The zero-order chi connectivity index (χ0) is 14.8. The normalized spacial score (nSPS) is 10.7. The molecule has 3 aromatic rings. The van der Waals surface area contributed by atoms with Gasteiger partial charge in [-0.15, -0.1) is 0 Å². The highest BCUT2D eigenvalue weighted by molar-refractivity contribution is 9.10. The van der Waals surface area contributed by atoms with E-state index in [1.54, 1.807) is 6.07 Å². The summed E-state index contributed by atoms with van der Waals surface area (Å²) in [5.41, 5.74) is 2.69. The SMILES string of the molecule is N#Cc1ccccc1-c1oc(Br)c2cc(CCBr)ccc12. The highest BCUT2D eigenvalue weighted by atomic mass is 79.9. The van der Waals surface area contributed by atoms with E-state index in [4.69, 9.17) is 4.42 Å². The van der Waals surface area contributed by atoms with Crippen LogP contribution < -0.4 is 0 Å². The molecule has 0 amide bonds. The third-order valence-corrected chi connectivity index (χ3v) is 4.39. The molecule has 3 rings (SSSR count). The molecule has 2 nitrogen and oxygen atoms in total. The first kappa shape index (κ1) is 14.4. The van der Waals surface area contributed by atoms with E-state index in [2.05, 4.69) is 56.1 Å². The Hall–Kier alpha value is -1.57. The van der Waals surface area contributed by atoms with Gasteiger partial charge in [0.1, 0.15) is 5.76 Å². The molecule has 4 heteroatoms. The molecule has 0 aliphatic rings. The van der Waals surface area contributed by atoms with E-state index in [1.807, 2.05) is 18.2 Å². The molecule has 0 aliphatic carbocycles. The number of nitriles is 1. The fourth-order valence-corrected chi connectivity index (χ4v) is 3.34. The minimum atomic E-state index is 0.616. The third kappa shape index (κ3) is 2.64. The van der Waals surface area contributed by atoms with E-state index < -0.39 is 0 Å². The van der Waals surface area contributed by atoms with Crippen LogP contribution in [0.5, 0.6) is 0 Å². The summed E-state index contributed by atoms with van der Waals surface area (Å²) in [5, 5.41) is 12.2. The topological polar surface area (TPSA) is 36.9 Å². The van der Waals surface area contributed by atoms with Gasteiger partial charge in [-0.2, -0.15) is 5.26 Å². The molecule has 21 heavy (non-hydrogen) atoms. The second-order valence-electron chi connectivity index (χ2n) is 4.68. The molecule has 1 heterocycles. The highest BCUT2D eigenvalue weighted by Crippen LogP contribution is 2.38. The Morgan fingerprint density at radius 3 is 2.67 bits per heavy atom. The average Bonchev–Trinajstić information content (AvgIpc) is 2.84. The highest BCUT2D eigenvalue weighted by Gasteiger charge is 2.16. The van der Waals surface area contributed by atoms with E-state index in [9.17, 15) is 5.26 Å². The number of hydrogen-bond acceptors (Lipinski definition) is 2. The monoisotopic (exact) mass is 403 g/mol. The van der Waals surface area contributed by atoms with Crippen LogP contribution in [0.4, 0.5) is 0 Å². The minimum Gasteiger partial charge on any atom is -0.448 e. The third-order valence-electron chi connectivity index (χ3n) is 3.41. The predicted octanol–water partition coefficient (Wildman–Crippen LogP) is 5.67. The van der Waals surface area contributed by atoms with Gasteiger partial charge in [-0.3, -0.25) is 0 Å². The molecule has 0 atom stereocenters. The van der Waals surface area contributed by atoms with Crippen molar-refractivity contribution < 1.29 is 4.42 Å². The fraction of sp³-hybridized carbons (Fsp3) is 0.118. The summed E-state index contributed by atoms with van der Waals surface area (Å²) in [5.74, 6) is 0.736. The van der Waals surface area contributed by atoms with E-state index in [-0.39, 0.29) is 0 Å². The number of alkyl halides is 1. The Morgan fingerprint density at radius 1 is 1.10 bits per heavy atom. The summed E-state index contributed by atoms with van der Waals surface area (Å²) < 4.78 is 6.59. The first-order valence-corrected chi connectivity index (χ1v) is 8.42. The lowest BCUT2D eigenvalue weighted by atomic mass is 10.0. The van der Waals surface area contributed by atoms with Gasteiger partial charge in [0.25, 0.3) is 0 Å². The molecule has 0 saturated heterocycles. The van der Waals surface area contributed by atoms with Gasteiger partial charge in [-0.1, -0.05) is 40.2 Å². The van der Waals surface area contributed by atoms with Crippen LogP contribution in [0.25, 0.3) is 22.1 Å². The number of aryl methyl sites for hydroxylation is 1. The first-order valence-electron chi connectivity index (χ1n) is 6.51. The second-order valence-corrected chi connectivity index (χ2v) is 6.19. The van der Waals surface area contributed by atoms with Gasteiger partial charge in [0, 0.05) is 21.7 Å². The van der Waals surface area contributed by atoms with Crippen molar-refractivity contribution in [3.8, 4) is 17.4 Å². The minimum absolute atomic E-state index is 0.616. The zero-order valence-electron chi connectivity index (χ0n) is 11.1. The van der Waals surface area contributed by atoms with Crippen molar-refractivity contribution in [3.05, 3.63) is 58.3 Å². The molecule has 0 fully saturated rings. The van der Waals surface area contributed by atoms with Gasteiger partial charge in [0.15, 0.2) is 4.67 Å². The van der Waals surface area contributed by atoms with Crippen molar-refractivity contribution in [3.63, 3.8) is 0 Å². The fourth-order valence-electron chi connectivity index (χ4n) is 2.39. The van der Waals surface area contributed by atoms with Gasteiger partial charge in [0.05, 0.1) is 11.6 Å². The van der Waals surface area contributed by atoms with Crippen molar-refractivity contribution in [1.82, 2.24) is 0 Å². The Labute approximate surface area is 139 Å². The molecule has 2 aromatic carbocycles. The van der Waals surface area contributed by atoms with Crippen LogP contribution in [0, 0.1) is 11.3 Å². The van der Waals surface area contributed by atoms with Crippen LogP contribution in [-0.4, -0.2) is 5.33 Å². The van der Waals surface area contributed by atoms with Gasteiger partial charge in [-0.05, 0) is 46.1 Å². The summed E-state index contributed by atoms with van der Waals surface area (Å²) in [6, 6.07) is 16.0. The number of rotatable bonds is 3. The molecule has 0 bridgehead atoms. The molecular formula is C17H11Br2NO. The van der Waals surface area contributed by atoms with Crippen molar-refractivity contribution in [2.45, 2.75) is 6.42 Å². The Bertz CT molecular complexity index is 846. The summed E-state index contributed by atoms with van der Waals surface area (Å²) in [6.45, 7) is 0. The molecule has 0 spiro atoms. The molecule has 104 valence electrons. The lowest BCUT2D eigenvalue weighted by molar-refractivity contribution is 0.561. The van der Waals surface area contributed by atoms with E-state index >= 15 is 0 Å². The summed E-state index contributed by atoms with van der Waals surface area (Å²) in [4.78, 5) is 0. The smallest absolute Gasteiger partial charge is 0.177 e. The zero-order valence-corrected chi connectivity index (χ0v) is 14.2. The van der Waals surface area contributed by atoms with Crippen molar-refractivity contribution in [2.24, 2.45) is 0 Å². The van der Waals surface area contributed by atoms with Gasteiger partial charge >= 0.3 is 0 Å². The van der Waals surface area contributed by atoms with Crippen LogP contribution in [0.2, 0.25) is 0 Å². The Morgan fingerprint density at radius 2 is 1.90 bits per heavy atom. The number of nitrogens with zero attached hydrogens (tertiary/aromatic N) is 1. The summed E-state index contributed by atoms with van der Waals surface area (Å²) in [6.07, 6.45) is 0.970. The van der Waals surface area contributed by atoms with Gasteiger partial charge < -0.3 is 4.42 Å². The maximum absolute atomic E-state index is 9.26. The first-order chi connectivity index (χ1) is 10.2. The Balaban J connectivity index is 2.23. The van der Waals surface area contributed by atoms with Crippen LogP contribution >= 0.6 is 31.9 Å². The molecule has 0 aliphatic heterocycles. The lowest BCUT2D eigenvalue weighted by Gasteiger charge is -2.01. The molecule has 0 saturated carbocycles. The lowest BCUT2D eigenvalue weighted by Crippen LogP contribution is -1.85. The predicted molar refractivity (Wildman–Crippen MR) is 91.6 cm³/mol. The van der Waals surface area contributed by atoms with Crippen molar-refractivity contribution in [1.29, 1.82) is 5.26 Å². The number of fused-ring (bicyclic) bond motifs is 1. The number of hydrogen-bond donors (Lipinski definition) is 0. The summed E-state index contributed by atoms with van der Waals surface area (Å²) in [7, 11) is 0. The maximum Gasteiger partial charge on any atom is 0.177 e. The quantitative estimate of drug-likeness (QED) is 0.527.